The van der Waals surface area contributed by atoms with E-state index in [0.717, 1.165) is 53.8 Å². The van der Waals surface area contributed by atoms with Crippen molar-refractivity contribution in [2.45, 2.75) is 56.5 Å². The number of carbonyl (C=O) groups is 2. The van der Waals surface area contributed by atoms with E-state index in [1.54, 1.807) is 25.4 Å². The van der Waals surface area contributed by atoms with Crippen LogP contribution < -0.4 is 14.2 Å². The highest BCUT2D eigenvalue weighted by Crippen LogP contribution is 2.52. The van der Waals surface area contributed by atoms with Crippen molar-refractivity contribution in [3.8, 4) is 28.5 Å². The molecule has 1 N–H and O–H groups in total. The Kier molecular flexibility index (Phi) is 4.94. The van der Waals surface area contributed by atoms with Gasteiger partial charge in [-0.3, -0.25) is 14.7 Å². The lowest BCUT2D eigenvalue weighted by Crippen LogP contribution is -2.44. The largest absolute Gasteiger partial charge is 0.497 e. The summed E-state index contributed by atoms with van der Waals surface area (Å²) < 4.78 is 17.6. The van der Waals surface area contributed by atoms with Gasteiger partial charge in [0.25, 0.3) is 0 Å². The van der Waals surface area contributed by atoms with Crippen LogP contribution in [-0.4, -0.2) is 34.7 Å². The van der Waals surface area contributed by atoms with E-state index < -0.39 is 5.60 Å². The predicted molar refractivity (Wildman–Crippen MR) is 125 cm³/mol. The van der Waals surface area contributed by atoms with Gasteiger partial charge in [0.1, 0.15) is 22.8 Å². The first-order valence-electron chi connectivity index (χ1n) is 11.8. The maximum absolute atomic E-state index is 13.2. The zero-order valence-electron chi connectivity index (χ0n) is 19.1. The fourth-order valence-electron chi connectivity index (χ4n) is 5.69. The third-order valence-corrected chi connectivity index (χ3v) is 7.39. The molecule has 2 aliphatic heterocycles. The van der Waals surface area contributed by atoms with Gasteiger partial charge in [-0.1, -0.05) is 6.42 Å². The number of benzene rings is 2. The number of carbonyl (C=O) groups excluding carboxylic acids is 2. The van der Waals surface area contributed by atoms with Crippen LogP contribution in [0.25, 0.3) is 11.3 Å². The molecule has 1 saturated carbocycles. The van der Waals surface area contributed by atoms with Crippen molar-refractivity contribution in [3.05, 3.63) is 59.3 Å². The molecule has 1 aliphatic carbocycles. The number of hydrogen-bond donors (Lipinski definition) is 1. The maximum atomic E-state index is 13.2. The monoisotopic (exact) mass is 458 g/mol. The third-order valence-electron chi connectivity index (χ3n) is 7.39. The van der Waals surface area contributed by atoms with Crippen molar-refractivity contribution in [1.82, 2.24) is 10.2 Å². The van der Waals surface area contributed by atoms with Gasteiger partial charge in [0.15, 0.2) is 5.78 Å². The van der Waals surface area contributed by atoms with E-state index in [9.17, 15) is 9.59 Å². The summed E-state index contributed by atoms with van der Waals surface area (Å²) in [6, 6.07) is 11.1. The molecule has 3 aromatic rings. The average Bonchev–Trinajstić information content (AvgIpc) is 3.33. The molecule has 7 nitrogen and oxygen atoms in total. The molecule has 0 bridgehead atoms. The molecule has 1 aromatic heterocycles. The molecule has 1 unspecified atom stereocenters. The summed E-state index contributed by atoms with van der Waals surface area (Å²) >= 11 is 0. The first kappa shape index (κ1) is 21.0. The number of aromatic amines is 1. The normalized spacial score (nSPS) is 20.8. The molecule has 3 heterocycles. The number of ether oxygens (including phenoxy) is 3. The second kappa shape index (κ2) is 8.01. The Hall–Kier alpha value is -3.61. The molecule has 1 atom stereocenters. The van der Waals surface area contributed by atoms with Crippen LogP contribution in [0.5, 0.6) is 17.2 Å². The molecule has 174 valence electrons. The molecule has 1 spiro atoms. The van der Waals surface area contributed by atoms with Crippen LogP contribution in [0.2, 0.25) is 0 Å². The van der Waals surface area contributed by atoms with Crippen molar-refractivity contribution < 1.29 is 23.8 Å². The maximum Gasteiger partial charge on any atom is 0.312 e. The summed E-state index contributed by atoms with van der Waals surface area (Å²) in [5.74, 6) is 1.25. The standard InChI is InChI=1S/C27H26N2O5/c1-32-17-7-5-16(6-8-17)25-20(15-28-29-25)19-13-23(31)33-22-10-9-18-21(30)14-27(11-3-2-4-12-27)34-26(18)24(19)22/h5-10,15,19H,2-4,11-14H2,1H3,(H,28,29). The third kappa shape index (κ3) is 3.38. The second-order valence-corrected chi connectivity index (χ2v) is 9.46. The summed E-state index contributed by atoms with van der Waals surface area (Å²) in [4.78, 5) is 25.8. The van der Waals surface area contributed by atoms with Crippen molar-refractivity contribution >= 4 is 11.8 Å². The van der Waals surface area contributed by atoms with E-state index >= 15 is 0 Å². The lowest BCUT2D eigenvalue weighted by molar-refractivity contribution is -0.135. The van der Waals surface area contributed by atoms with Gasteiger partial charge in [0, 0.05) is 22.6 Å². The molecular weight excluding hydrogens is 432 g/mol. The first-order valence-corrected chi connectivity index (χ1v) is 11.8. The second-order valence-electron chi connectivity index (χ2n) is 9.46. The van der Waals surface area contributed by atoms with Crippen LogP contribution in [0.4, 0.5) is 0 Å². The van der Waals surface area contributed by atoms with Gasteiger partial charge in [-0.2, -0.15) is 5.10 Å². The Morgan fingerprint density at radius 1 is 1.06 bits per heavy atom. The van der Waals surface area contributed by atoms with Crippen molar-refractivity contribution in [2.75, 3.05) is 7.11 Å². The fraction of sp³-hybridized carbons (Fsp3) is 0.370. The van der Waals surface area contributed by atoms with E-state index in [4.69, 9.17) is 14.2 Å². The minimum atomic E-state index is -0.460. The van der Waals surface area contributed by atoms with Crippen molar-refractivity contribution in [2.24, 2.45) is 0 Å². The van der Waals surface area contributed by atoms with Crippen LogP contribution in [-0.2, 0) is 4.79 Å². The SMILES string of the molecule is COc1ccc(-c2[nH]ncc2C2CC(=O)Oc3ccc4c(c32)OC2(CCCCC2)CC4=O)cc1. The number of hydrogen-bond acceptors (Lipinski definition) is 6. The number of methoxy groups -OCH3 is 1. The van der Waals surface area contributed by atoms with Gasteiger partial charge in [0.05, 0.1) is 37.4 Å². The van der Waals surface area contributed by atoms with Crippen LogP contribution in [0.3, 0.4) is 0 Å². The van der Waals surface area contributed by atoms with Gasteiger partial charge in [0.2, 0.25) is 0 Å². The van der Waals surface area contributed by atoms with E-state index in [1.807, 2.05) is 24.3 Å². The number of nitrogens with zero attached hydrogens (tertiary/aromatic N) is 1. The summed E-state index contributed by atoms with van der Waals surface area (Å²) in [5, 5.41) is 7.41. The highest BCUT2D eigenvalue weighted by Gasteiger charge is 2.45. The Balaban J connectivity index is 1.48. The molecule has 1 fully saturated rings. The van der Waals surface area contributed by atoms with E-state index in [2.05, 4.69) is 10.2 Å². The van der Waals surface area contributed by atoms with E-state index in [1.165, 1.54) is 6.42 Å². The zero-order valence-corrected chi connectivity index (χ0v) is 19.1. The Morgan fingerprint density at radius 3 is 2.62 bits per heavy atom. The van der Waals surface area contributed by atoms with Crippen molar-refractivity contribution in [1.29, 1.82) is 0 Å². The van der Waals surface area contributed by atoms with Gasteiger partial charge in [-0.05, 0) is 62.1 Å². The first-order chi connectivity index (χ1) is 16.6. The topological polar surface area (TPSA) is 90.5 Å². The highest BCUT2D eigenvalue weighted by molar-refractivity contribution is 6.01. The molecule has 0 radical (unpaired) electrons. The minimum Gasteiger partial charge on any atom is -0.497 e. The summed E-state index contributed by atoms with van der Waals surface area (Å²) in [6.07, 6.45) is 7.33. The molecule has 34 heavy (non-hydrogen) atoms. The van der Waals surface area contributed by atoms with Crippen LogP contribution in [0.1, 0.15) is 72.3 Å². The van der Waals surface area contributed by atoms with E-state index in [-0.39, 0.29) is 24.1 Å². The molecule has 2 aromatic carbocycles. The van der Waals surface area contributed by atoms with Crippen LogP contribution in [0, 0.1) is 0 Å². The summed E-state index contributed by atoms with van der Waals surface area (Å²) in [7, 11) is 1.63. The number of aromatic nitrogens is 2. The van der Waals surface area contributed by atoms with Gasteiger partial charge in [-0.25, -0.2) is 0 Å². The molecule has 7 heteroatoms. The number of H-pyrrole nitrogens is 1. The Morgan fingerprint density at radius 2 is 1.85 bits per heavy atom. The lowest BCUT2D eigenvalue weighted by Gasteiger charge is -2.42. The van der Waals surface area contributed by atoms with Gasteiger partial charge in [-0.15, -0.1) is 0 Å². The Bertz CT molecular complexity index is 1270. The molecular formula is C27H26N2O5. The van der Waals surface area contributed by atoms with Crippen LogP contribution >= 0.6 is 0 Å². The smallest absolute Gasteiger partial charge is 0.312 e. The fourth-order valence-corrected chi connectivity index (χ4v) is 5.69. The number of rotatable bonds is 3. The number of esters is 1. The minimum absolute atomic E-state index is 0.101. The molecule has 3 aliphatic rings. The predicted octanol–water partition coefficient (Wildman–Crippen LogP) is 5.19. The quantitative estimate of drug-likeness (QED) is 0.429. The number of ketones is 1. The number of nitrogens with one attached hydrogen (secondary N) is 1. The molecule has 6 rings (SSSR count). The van der Waals surface area contributed by atoms with Crippen LogP contribution in [0.15, 0.2) is 42.6 Å². The molecule has 0 saturated heterocycles. The molecule has 0 amide bonds. The average molecular weight is 459 g/mol. The highest BCUT2D eigenvalue weighted by atomic mass is 16.5. The van der Waals surface area contributed by atoms with E-state index in [0.29, 0.717) is 23.5 Å². The number of Topliss-reactive ketones (excluding diaryl/α,β-unsaturated/α-hetero) is 1. The van der Waals surface area contributed by atoms with Gasteiger partial charge < -0.3 is 14.2 Å². The summed E-state index contributed by atoms with van der Waals surface area (Å²) in [5.41, 5.74) is 3.51. The Labute approximate surface area is 197 Å². The van der Waals surface area contributed by atoms with Gasteiger partial charge >= 0.3 is 5.97 Å². The summed E-state index contributed by atoms with van der Waals surface area (Å²) in [6.45, 7) is 0. The number of fused-ring (bicyclic) bond motifs is 3. The lowest BCUT2D eigenvalue weighted by atomic mass is 9.76. The van der Waals surface area contributed by atoms with Crippen molar-refractivity contribution in [3.63, 3.8) is 0 Å². The zero-order chi connectivity index (χ0) is 23.3.